The monoisotopic (exact) mass is 304 g/mol. The first-order chi connectivity index (χ1) is 10.4. The first-order valence-corrected chi connectivity index (χ1v) is 7.63. The molecule has 2 heterocycles. The maximum Gasteiger partial charge on any atom is 0.270 e. The van der Waals surface area contributed by atoms with Gasteiger partial charge in [-0.3, -0.25) is 14.2 Å². The molecule has 0 aliphatic heterocycles. The molecule has 7 heteroatoms. The summed E-state index contributed by atoms with van der Waals surface area (Å²) in [7, 11) is 1.81. The molecule has 0 bridgehead atoms. The van der Waals surface area contributed by atoms with Crippen molar-refractivity contribution in [3.05, 3.63) is 29.6 Å². The van der Waals surface area contributed by atoms with Crippen molar-refractivity contribution in [3.8, 4) is 0 Å². The average molecular weight is 304 g/mol. The minimum Gasteiger partial charge on any atom is -0.341 e. The minimum atomic E-state index is -0.214. The van der Waals surface area contributed by atoms with E-state index in [0.29, 0.717) is 18.2 Å². The Morgan fingerprint density at radius 3 is 2.64 bits per heavy atom. The zero-order valence-electron chi connectivity index (χ0n) is 13.9. The van der Waals surface area contributed by atoms with Crippen LogP contribution >= 0.6 is 0 Å². The van der Waals surface area contributed by atoms with Crippen LogP contribution in [0.2, 0.25) is 0 Å². The molecule has 0 fully saturated rings. The highest BCUT2D eigenvalue weighted by molar-refractivity contribution is 5.92. The maximum atomic E-state index is 12.5. The molecule has 1 unspecified atom stereocenters. The van der Waals surface area contributed by atoms with Crippen LogP contribution in [0, 0.1) is 5.92 Å². The Morgan fingerprint density at radius 2 is 2.09 bits per heavy atom. The Morgan fingerprint density at radius 1 is 1.36 bits per heavy atom. The van der Waals surface area contributed by atoms with Crippen LogP contribution in [0.15, 0.2) is 12.4 Å². The number of rotatable bonds is 6. The third-order valence-electron chi connectivity index (χ3n) is 3.46. The molecular weight excluding hydrogens is 280 g/mol. The van der Waals surface area contributed by atoms with E-state index in [1.165, 1.54) is 6.33 Å². The summed E-state index contributed by atoms with van der Waals surface area (Å²) >= 11 is 0. The van der Waals surface area contributed by atoms with E-state index in [0.717, 1.165) is 17.9 Å². The second-order valence-electron chi connectivity index (χ2n) is 5.87. The highest BCUT2D eigenvalue weighted by atomic mass is 16.2. The predicted molar refractivity (Wildman–Crippen MR) is 83.3 cm³/mol. The summed E-state index contributed by atoms with van der Waals surface area (Å²) in [4.78, 5) is 16.7. The van der Waals surface area contributed by atoms with Gasteiger partial charge in [0.05, 0.1) is 11.7 Å². The van der Waals surface area contributed by atoms with Crippen molar-refractivity contribution in [1.29, 1.82) is 0 Å². The normalized spacial score (nSPS) is 12.6. The standard InChI is InChI=1S/C15H24N6O/c1-6-21-13(8-12(19-21)7-10(2)3)15(22)18-11(4)14-16-9-17-20(14)5/h8-11H,6-7H2,1-5H3,(H,18,22). The number of nitrogens with one attached hydrogen (secondary N) is 1. The Hall–Kier alpha value is -2.18. The maximum absolute atomic E-state index is 12.5. The Bertz CT molecular complexity index is 642. The van der Waals surface area contributed by atoms with Crippen LogP contribution in [0.1, 0.15) is 55.7 Å². The van der Waals surface area contributed by atoms with E-state index in [4.69, 9.17) is 0 Å². The summed E-state index contributed by atoms with van der Waals surface area (Å²) in [5.74, 6) is 1.09. The smallest absolute Gasteiger partial charge is 0.270 e. The number of hydrogen-bond acceptors (Lipinski definition) is 4. The van der Waals surface area contributed by atoms with Crippen molar-refractivity contribution in [2.45, 2.75) is 46.7 Å². The van der Waals surface area contributed by atoms with Crippen molar-refractivity contribution in [2.75, 3.05) is 0 Å². The molecule has 0 aliphatic rings. The highest BCUT2D eigenvalue weighted by Gasteiger charge is 2.19. The van der Waals surface area contributed by atoms with Crippen LogP contribution in [-0.4, -0.2) is 30.5 Å². The molecule has 7 nitrogen and oxygen atoms in total. The first kappa shape index (κ1) is 16.2. The first-order valence-electron chi connectivity index (χ1n) is 7.63. The van der Waals surface area contributed by atoms with Crippen molar-refractivity contribution in [2.24, 2.45) is 13.0 Å². The van der Waals surface area contributed by atoms with Crippen LogP contribution < -0.4 is 5.32 Å². The van der Waals surface area contributed by atoms with E-state index < -0.39 is 0 Å². The molecule has 2 rings (SSSR count). The van der Waals surface area contributed by atoms with Gasteiger partial charge in [0.25, 0.3) is 5.91 Å². The van der Waals surface area contributed by atoms with E-state index in [-0.39, 0.29) is 11.9 Å². The third-order valence-corrected chi connectivity index (χ3v) is 3.46. The number of hydrogen-bond donors (Lipinski definition) is 1. The van der Waals surface area contributed by atoms with E-state index in [9.17, 15) is 4.79 Å². The number of amides is 1. The van der Waals surface area contributed by atoms with Crippen LogP contribution in [0.4, 0.5) is 0 Å². The lowest BCUT2D eigenvalue weighted by molar-refractivity contribution is 0.0927. The molecule has 0 saturated carbocycles. The molecule has 0 saturated heterocycles. The van der Waals surface area contributed by atoms with Gasteiger partial charge in [0.1, 0.15) is 17.8 Å². The molecule has 2 aromatic rings. The van der Waals surface area contributed by atoms with E-state index >= 15 is 0 Å². The Labute approximate surface area is 130 Å². The average Bonchev–Trinajstić information content (AvgIpc) is 3.04. The molecule has 1 atom stereocenters. The van der Waals surface area contributed by atoms with Crippen LogP contribution in [-0.2, 0) is 20.0 Å². The van der Waals surface area contributed by atoms with Gasteiger partial charge in [-0.15, -0.1) is 0 Å². The van der Waals surface area contributed by atoms with Crippen molar-refractivity contribution in [1.82, 2.24) is 29.9 Å². The number of aromatic nitrogens is 5. The zero-order valence-corrected chi connectivity index (χ0v) is 13.9. The van der Waals surface area contributed by atoms with Gasteiger partial charge in [-0.2, -0.15) is 10.2 Å². The van der Waals surface area contributed by atoms with Gasteiger partial charge in [0, 0.05) is 13.6 Å². The summed E-state index contributed by atoms with van der Waals surface area (Å²) in [6.45, 7) is 8.82. The summed E-state index contributed by atoms with van der Waals surface area (Å²) in [5, 5.41) is 11.5. The molecular formula is C15H24N6O. The molecule has 0 spiro atoms. The number of nitrogens with zero attached hydrogens (tertiary/aromatic N) is 5. The number of carbonyl (C=O) groups excluding carboxylic acids is 1. The quantitative estimate of drug-likeness (QED) is 0.881. The van der Waals surface area contributed by atoms with E-state index in [2.05, 4.69) is 34.3 Å². The molecule has 1 N–H and O–H groups in total. The minimum absolute atomic E-state index is 0.139. The van der Waals surface area contributed by atoms with Gasteiger partial charge >= 0.3 is 0 Å². The zero-order chi connectivity index (χ0) is 16.3. The second-order valence-corrected chi connectivity index (χ2v) is 5.87. The lowest BCUT2D eigenvalue weighted by atomic mass is 10.1. The summed E-state index contributed by atoms with van der Waals surface area (Å²) < 4.78 is 3.41. The molecule has 22 heavy (non-hydrogen) atoms. The van der Waals surface area contributed by atoms with Crippen LogP contribution in [0.25, 0.3) is 0 Å². The second kappa shape index (κ2) is 6.72. The van der Waals surface area contributed by atoms with Crippen LogP contribution in [0.3, 0.4) is 0 Å². The molecule has 0 aromatic carbocycles. The third kappa shape index (κ3) is 3.52. The fourth-order valence-corrected chi connectivity index (χ4v) is 2.44. The van der Waals surface area contributed by atoms with Gasteiger partial charge in [0.15, 0.2) is 0 Å². The SMILES string of the molecule is CCn1nc(CC(C)C)cc1C(=O)NC(C)c1ncnn1C. The number of carbonyl (C=O) groups is 1. The van der Waals surface area contributed by atoms with Gasteiger partial charge in [0.2, 0.25) is 0 Å². The van der Waals surface area contributed by atoms with Gasteiger partial charge in [-0.05, 0) is 32.3 Å². The lowest BCUT2D eigenvalue weighted by Crippen LogP contribution is -2.30. The fraction of sp³-hybridized carbons (Fsp3) is 0.600. The summed E-state index contributed by atoms with van der Waals surface area (Å²) in [5.41, 5.74) is 1.54. The molecule has 0 aliphatic carbocycles. The number of aryl methyl sites for hydroxylation is 2. The summed E-state index contributed by atoms with van der Waals surface area (Å²) in [6.07, 6.45) is 2.35. The van der Waals surface area contributed by atoms with Gasteiger partial charge in [-0.1, -0.05) is 13.8 Å². The van der Waals surface area contributed by atoms with E-state index in [1.807, 2.05) is 27.0 Å². The highest BCUT2D eigenvalue weighted by Crippen LogP contribution is 2.13. The summed E-state index contributed by atoms with van der Waals surface area (Å²) in [6, 6.07) is 1.66. The molecule has 0 radical (unpaired) electrons. The van der Waals surface area contributed by atoms with E-state index in [1.54, 1.807) is 9.36 Å². The Kier molecular flexibility index (Phi) is 4.95. The molecule has 1 amide bonds. The van der Waals surface area contributed by atoms with Crippen molar-refractivity contribution >= 4 is 5.91 Å². The van der Waals surface area contributed by atoms with Gasteiger partial charge < -0.3 is 5.32 Å². The Balaban J connectivity index is 2.15. The topological polar surface area (TPSA) is 77.6 Å². The van der Waals surface area contributed by atoms with Crippen molar-refractivity contribution < 1.29 is 4.79 Å². The van der Waals surface area contributed by atoms with Crippen molar-refractivity contribution in [3.63, 3.8) is 0 Å². The largest absolute Gasteiger partial charge is 0.341 e. The fourth-order valence-electron chi connectivity index (χ4n) is 2.44. The predicted octanol–water partition coefficient (Wildman–Crippen LogP) is 1.72. The molecule has 120 valence electrons. The van der Waals surface area contributed by atoms with Gasteiger partial charge in [-0.25, -0.2) is 4.98 Å². The lowest BCUT2D eigenvalue weighted by Gasteiger charge is -2.13. The molecule has 2 aromatic heterocycles. The van der Waals surface area contributed by atoms with Crippen LogP contribution in [0.5, 0.6) is 0 Å².